The molecule has 1 rings (SSSR count). The third-order valence-corrected chi connectivity index (χ3v) is 2.63. The molecule has 0 bridgehead atoms. The molecule has 0 aliphatic rings. The summed E-state index contributed by atoms with van der Waals surface area (Å²) in [5.41, 5.74) is 5.70. The monoisotopic (exact) mass is 250 g/mol. The molecule has 3 N–H and O–H groups in total. The number of nitrogens with two attached hydrogens (primary N) is 1. The average Bonchev–Trinajstić information content (AvgIpc) is 2.36. The van der Waals surface area contributed by atoms with Gasteiger partial charge in [-0.25, -0.2) is 0 Å². The Bertz CT molecular complexity index is 427. The second-order valence-electron chi connectivity index (χ2n) is 4.69. The van der Waals surface area contributed by atoms with Crippen molar-refractivity contribution in [2.24, 2.45) is 16.3 Å². The standard InChI is InChI=1S/C13H18N2O3/c1-13(2,12(14)15-17)8-11(16)18-9-10-6-4-3-5-7-10/h3-7,17H,8-9H2,1-2H3,(H2,14,15). The number of esters is 1. The molecule has 5 heteroatoms. The number of amidine groups is 1. The number of nitrogens with zero attached hydrogens (tertiary/aromatic N) is 1. The first kappa shape index (κ1) is 14.0. The largest absolute Gasteiger partial charge is 0.461 e. The van der Waals surface area contributed by atoms with Gasteiger partial charge in [0.15, 0.2) is 0 Å². The van der Waals surface area contributed by atoms with Crippen LogP contribution in [0.15, 0.2) is 35.5 Å². The van der Waals surface area contributed by atoms with Crippen molar-refractivity contribution in [3.63, 3.8) is 0 Å². The van der Waals surface area contributed by atoms with Gasteiger partial charge in [0.2, 0.25) is 0 Å². The summed E-state index contributed by atoms with van der Waals surface area (Å²) < 4.78 is 5.13. The van der Waals surface area contributed by atoms with Gasteiger partial charge in [0.05, 0.1) is 6.42 Å². The van der Waals surface area contributed by atoms with Crippen LogP contribution in [0.1, 0.15) is 25.8 Å². The number of oxime groups is 1. The van der Waals surface area contributed by atoms with Gasteiger partial charge in [0.1, 0.15) is 12.4 Å². The second-order valence-corrected chi connectivity index (χ2v) is 4.69. The lowest BCUT2D eigenvalue weighted by molar-refractivity contribution is -0.146. The van der Waals surface area contributed by atoms with Crippen molar-refractivity contribution in [1.82, 2.24) is 0 Å². The highest BCUT2D eigenvalue weighted by molar-refractivity contribution is 5.89. The maximum Gasteiger partial charge on any atom is 0.307 e. The van der Waals surface area contributed by atoms with Crippen molar-refractivity contribution in [3.8, 4) is 0 Å². The lowest BCUT2D eigenvalue weighted by atomic mass is 9.88. The van der Waals surface area contributed by atoms with Crippen molar-refractivity contribution < 1.29 is 14.7 Å². The fourth-order valence-electron chi connectivity index (χ4n) is 1.38. The molecular weight excluding hydrogens is 232 g/mol. The van der Waals surface area contributed by atoms with Gasteiger partial charge in [-0.3, -0.25) is 4.79 Å². The van der Waals surface area contributed by atoms with Crippen LogP contribution in [-0.2, 0) is 16.1 Å². The molecule has 98 valence electrons. The summed E-state index contributed by atoms with van der Waals surface area (Å²) in [5.74, 6) is -0.366. The number of carbonyl (C=O) groups excluding carboxylic acids is 1. The summed E-state index contributed by atoms with van der Waals surface area (Å²) >= 11 is 0. The van der Waals surface area contributed by atoms with Crippen LogP contribution in [0.5, 0.6) is 0 Å². The Balaban J connectivity index is 2.48. The maximum absolute atomic E-state index is 11.6. The minimum Gasteiger partial charge on any atom is -0.461 e. The van der Waals surface area contributed by atoms with Crippen LogP contribution in [0.2, 0.25) is 0 Å². The third-order valence-electron chi connectivity index (χ3n) is 2.63. The molecule has 0 aromatic heterocycles. The van der Waals surface area contributed by atoms with Crippen LogP contribution < -0.4 is 5.73 Å². The van der Waals surface area contributed by atoms with Gasteiger partial charge in [-0.05, 0) is 5.56 Å². The Hall–Kier alpha value is -2.04. The van der Waals surface area contributed by atoms with Crippen molar-refractivity contribution >= 4 is 11.8 Å². The number of ether oxygens (including phenoxy) is 1. The lowest BCUT2D eigenvalue weighted by Crippen LogP contribution is -2.34. The molecule has 1 aromatic rings. The van der Waals surface area contributed by atoms with Gasteiger partial charge < -0.3 is 15.7 Å². The van der Waals surface area contributed by atoms with E-state index in [9.17, 15) is 4.79 Å². The maximum atomic E-state index is 11.6. The van der Waals surface area contributed by atoms with Gasteiger partial charge >= 0.3 is 5.97 Å². The molecular formula is C13H18N2O3. The van der Waals surface area contributed by atoms with Crippen molar-refractivity contribution in [2.45, 2.75) is 26.9 Å². The molecule has 0 saturated heterocycles. The average molecular weight is 250 g/mol. The fraction of sp³-hybridized carbons (Fsp3) is 0.385. The molecule has 0 amide bonds. The normalized spacial score (nSPS) is 12.2. The van der Waals surface area contributed by atoms with E-state index in [1.807, 2.05) is 30.3 Å². The smallest absolute Gasteiger partial charge is 0.307 e. The Morgan fingerprint density at radius 1 is 1.39 bits per heavy atom. The van der Waals surface area contributed by atoms with E-state index in [1.54, 1.807) is 13.8 Å². The van der Waals surface area contributed by atoms with Gasteiger partial charge in [-0.2, -0.15) is 0 Å². The molecule has 1 aromatic carbocycles. The van der Waals surface area contributed by atoms with Crippen molar-refractivity contribution in [2.75, 3.05) is 0 Å². The molecule has 0 aliphatic heterocycles. The molecule has 5 nitrogen and oxygen atoms in total. The molecule has 0 radical (unpaired) electrons. The zero-order chi connectivity index (χ0) is 13.6. The first-order valence-electron chi connectivity index (χ1n) is 5.63. The molecule has 0 atom stereocenters. The molecule has 0 saturated carbocycles. The summed E-state index contributed by atoms with van der Waals surface area (Å²) in [6, 6.07) is 9.41. The van der Waals surface area contributed by atoms with Gasteiger partial charge in [0.25, 0.3) is 0 Å². The zero-order valence-corrected chi connectivity index (χ0v) is 10.6. The molecule has 0 unspecified atom stereocenters. The van der Waals surface area contributed by atoms with Crippen LogP contribution in [0.25, 0.3) is 0 Å². The van der Waals surface area contributed by atoms with Crippen LogP contribution in [-0.4, -0.2) is 17.0 Å². The summed E-state index contributed by atoms with van der Waals surface area (Å²) in [6.45, 7) is 3.66. The van der Waals surface area contributed by atoms with E-state index in [-0.39, 0.29) is 24.8 Å². The highest BCUT2D eigenvalue weighted by atomic mass is 16.5. The second kappa shape index (κ2) is 6.05. The summed E-state index contributed by atoms with van der Waals surface area (Å²) in [5, 5.41) is 11.5. The molecule has 0 spiro atoms. The minimum atomic E-state index is -0.720. The van der Waals surface area contributed by atoms with Crippen LogP contribution >= 0.6 is 0 Å². The Morgan fingerprint density at radius 3 is 2.56 bits per heavy atom. The highest BCUT2D eigenvalue weighted by Gasteiger charge is 2.27. The van der Waals surface area contributed by atoms with Gasteiger partial charge in [0, 0.05) is 5.41 Å². The summed E-state index contributed by atoms with van der Waals surface area (Å²) in [6.07, 6.45) is 0.0652. The fourth-order valence-corrected chi connectivity index (χ4v) is 1.38. The lowest BCUT2D eigenvalue weighted by Gasteiger charge is -2.21. The summed E-state index contributed by atoms with van der Waals surface area (Å²) in [4.78, 5) is 11.6. The number of carbonyl (C=O) groups is 1. The van der Waals surface area contributed by atoms with Crippen LogP contribution in [0, 0.1) is 5.41 Å². The van der Waals surface area contributed by atoms with Crippen LogP contribution in [0.3, 0.4) is 0 Å². The van der Waals surface area contributed by atoms with E-state index in [0.717, 1.165) is 5.56 Å². The van der Waals surface area contributed by atoms with E-state index in [4.69, 9.17) is 15.7 Å². The van der Waals surface area contributed by atoms with E-state index in [0.29, 0.717) is 0 Å². The molecule has 18 heavy (non-hydrogen) atoms. The minimum absolute atomic E-state index is 0.0131. The molecule has 0 heterocycles. The number of benzene rings is 1. The number of hydrogen-bond donors (Lipinski definition) is 2. The van der Waals surface area contributed by atoms with Crippen LogP contribution in [0.4, 0.5) is 0 Å². The van der Waals surface area contributed by atoms with E-state index < -0.39 is 5.41 Å². The van der Waals surface area contributed by atoms with Gasteiger partial charge in [-0.15, -0.1) is 0 Å². The third kappa shape index (κ3) is 4.08. The van der Waals surface area contributed by atoms with E-state index >= 15 is 0 Å². The molecule has 0 fully saturated rings. The topological polar surface area (TPSA) is 84.9 Å². The molecule has 0 aliphatic carbocycles. The van der Waals surface area contributed by atoms with Crippen molar-refractivity contribution in [3.05, 3.63) is 35.9 Å². The Kier molecular flexibility index (Phi) is 4.71. The van der Waals surface area contributed by atoms with E-state index in [1.165, 1.54) is 0 Å². The van der Waals surface area contributed by atoms with E-state index in [2.05, 4.69) is 5.16 Å². The highest BCUT2D eigenvalue weighted by Crippen LogP contribution is 2.21. The van der Waals surface area contributed by atoms with Gasteiger partial charge in [-0.1, -0.05) is 49.3 Å². The summed E-state index contributed by atoms with van der Waals surface area (Å²) in [7, 11) is 0. The number of hydrogen-bond acceptors (Lipinski definition) is 4. The quantitative estimate of drug-likeness (QED) is 0.275. The first-order chi connectivity index (χ1) is 8.45. The zero-order valence-electron chi connectivity index (χ0n) is 10.6. The number of rotatable bonds is 5. The SMILES string of the molecule is CC(C)(CC(=O)OCc1ccccc1)/C(N)=N\O. The Labute approximate surface area is 106 Å². The predicted octanol–water partition coefficient (Wildman–Crippen LogP) is 1.89. The first-order valence-corrected chi connectivity index (χ1v) is 5.63. The van der Waals surface area contributed by atoms with Crippen molar-refractivity contribution in [1.29, 1.82) is 0 Å². The Morgan fingerprint density at radius 2 is 2.00 bits per heavy atom. The predicted molar refractivity (Wildman–Crippen MR) is 68.0 cm³/mol.